The van der Waals surface area contributed by atoms with Crippen LogP contribution < -0.4 is 4.72 Å². The van der Waals surface area contributed by atoms with Crippen molar-refractivity contribution in [1.29, 1.82) is 0 Å². The average Bonchev–Trinajstić information content (AvgIpc) is 2.54. The van der Waals surface area contributed by atoms with Crippen molar-refractivity contribution in [1.82, 2.24) is 4.72 Å². The Morgan fingerprint density at radius 3 is 2.65 bits per heavy atom. The quantitative estimate of drug-likeness (QED) is 0.813. The van der Waals surface area contributed by atoms with Gasteiger partial charge in [-0.3, -0.25) is 0 Å². The third kappa shape index (κ3) is 3.81. The topological polar surface area (TPSA) is 66.4 Å². The number of aryl methyl sites for hydroxylation is 1. The molecular formula is C14H20BrNO3S. The van der Waals surface area contributed by atoms with Crippen molar-refractivity contribution in [3.05, 3.63) is 28.2 Å². The van der Waals surface area contributed by atoms with E-state index in [-0.39, 0.29) is 4.90 Å². The van der Waals surface area contributed by atoms with E-state index in [2.05, 4.69) is 20.7 Å². The fourth-order valence-corrected chi connectivity index (χ4v) is 5.01. The molecule has 0 aromatic heterocycles. The number of nitrogens with one attached hydrogen (secondary N) is 1. The van der Waals surface area contributed by atoms with E-state index in [1.807, 2.05) is 6.92 Å². The molecule has 1 saturated carbocycles. The van der Waals surface area contributed by atoms with E-state index < -0.39 is 22.2 Å². The Labute approximate surface area is 128 Å². The Hall–Kier alpha value is -0.430. The summed E-state index contributed by atoms with van der Waals surface area (Å²) in [6, 6.07) is 4.74. The summed E-state index contributed by atoms with van der Waals surface area (Å²) in [4.78, 5) is 0.222. The molecule has 4 nitrogen and oxygen atoms in total. The van der Waals surface area contributed by atoms with E-state index in [0.717, 1.165) is 24.8 Å². The number of aliphatic hydroxyl groups excluding tert-OH is 1. The average molecular weight is 362 g/mol. The van der Waals surface area contributed by atoms with E-state index >= 15 is 0 Å². The first-order valence-corrected chi connectivity index (χ1v) is 9.14. The molecule has 0 bridgehead atoms. The first-order valence-electron chi connectivity index (χ1n) is 6.87. The number of aliphatic hydroxyl groups is 1. The van der Waals surface area contributed by atoms with Crippen LogP contribution in [0.4, 0.5) is 0 Å². The van der Waals surface area contributed by atoms with Gasteiger partial charge in [0.2, 0.25) is 10.0 Å². The predicted molar refractivity (Wildman–Crippen MR) is 82.1 cm³/mol. The highest BCUT2D eigenvalue weighted by molar-refractivity contribution is 9.10. The van der Waals surface area contributed by atoms with Gasteiger partial charge in [-0.15, -0.1) is 0 Å². The summed E-state index contributed by atoms with van der Waals surface area (Å²) in [6.45, 7) is 1.91. The SMILES string of the molecule is Cc1ccc(S(=O)(=O)NC2CCCCCC2O)c(Br)c1. The molecule has 1 aliphatic rings. The van der Waals surface area contributed by atoms with Crippen molar-refractivity contribution in [3.8, 4) is 0 Å². The molecule has 0 heterocycles. The van der Waals surface area contributed by atoms with Gasteiger partial charge in [-0.1, -0.05) is 25.3 Å². The molecule has 1 aromatic rings. The summed E-state index contributed by atoms with van der Waals surface area (Å²) in [5.41, 5.74) is 0.991. The van der Waals surface area contributed by atoms with Gasteiger partial charge in [-0.05, 0) is 53.4 Å². The van der Waals surface area contributed by atoms with Crippen molar-refractivity contribution in [3.63, 3.8) is 0 Å². The highest BCUT2D eigenvalue weighted by Gasteiger charge is 2.28. The second-order valence-corrected chi connectivity index (χ2v) is 7.90. The minimum absolute atomic E-state index is 0.222. The second kappa shape index (κ2) is 6.56. The molecule has 6 heteroatoms. The molecule has 1 aromatic carbocycles. The molecule has 1 aliphatic carbocycles. The monoisotopic (exact) mass is 361 g/mol. The third-order valence-corrected chi connectivity index (χ3v) is 6.13. The van der Waals surface area contributed by atoms with Gasteiger partial charge >= 0.3 is 0 Å². The van der Waals surface area contributed by atoms with Gasteiger partial charge < -0.3 is 5.11 Å². The zero-order valence-electron chi connectivity index (χ0n) is 11.5. The number of benzene rings is 1. The summed E-state index contributed by atoms with van der Waals surface area (Å²) in [7, 11) is -3.61. The van der Waals surface area contributed by atoms with Crippen molar-refractivity contribution < 1.29 is 13.5 Å². The zero-order valence-corrected chi connectivity index (χ0v) is 13.9. The molecular weight excluding hydrogens is 342 g/mol. The summed E-state index contributed by atoms with van der Waals surface area (Å²) in [5, 5.41) is 10.0. The lowest BCUT2D eigenvalue weighted by molar-refractivity contribution is 0.130. The van der Waals surface area contributed by atoms with Gasteiger partial charge in [0.15, 0.2) is 0 Å². The van der Waals surface area contributed by atoms with E-state index in [4.69, 9.17) is 0 Å². The fourth-order valence-electron chi connectivity index (χ4n) is 2.51. The van der Waals surface area contributed by atoms with Gasteiger partial charge in [-0.2, -0.15) is 0 Å². The molecule has 2 N–H and O–H groups in total. The molecule has 112 valence electrons. The molecule has 0 aliphatic heterocycles. The normalized spacial score (nSPS) is 24.4. The van der Waals surface area contributed by atoms with Crippen molar-refractivity contribution in [2.75, 3.05) is 0 Å². The largest absolute Gasteiger partial charge is 0.391 e. The van der Waals surface area contributed by atoms with Gasteiger partial charge in [-0.25, -0.2) is 13.1 Å². The Bertz CT molecular complexity index is 574. The molecule has 0 amide bonds. The minimum atomic E-state index is -3.61. The predicted octanol–water partition coefficient (Wildman–Crippen LogP) is 2.73. The van der Waals surface area contributed by atoms with Gasteiger partial charge in [0, 0.05) is 10.5 Å². The maximum absolute atomic E-state index is 12.4. The summed E-state index contributed by atoms with van der Waals surface area (Å²) in [6.07, 6.45) is 3.68. The van der Waals surface area contributed by atoms with Crippen LogP contribution in [0.25, 0.3) is 0 Å². The van der Waals surface area contributed by atoms with Crippen LogP contribution >= 0.6 is 15.9 Å². The lowest BCUT2D eigenvalue weighted by atomic mass is 10.1. The molecule has 0 saturated heterocycles. The molecule has 0 radical (unpaired) electrons. The Morgan fingerprint density at radius 1 is 1.25 bits per heavy atom. The van der Waals surface area contributed by atoms with Gasteiger partial charge in [0.25, 0.3) is 0 Å². The highest BCUT2D eigenvalue weighted by Crippen LogP contribution is 2.25. The van der Waals surface area contributed by atoms with E-state index in [1.54, 1.807) is 18.2 Å². The van der Waals surface area contributed by atoms with E-state index in [0.29, 0.717) is 17.3 Å². The Balaban J connectivity index is 2.21. The Morgan fingerprint density at radius 2 is 1.95 bits per heavy atom. The van der Waals surface area contributed by atoms with Crippen molar-refractivity contribution in [2.45, 2.75) is 56.1 Å². The number of hydrogen-bond donors (Lipinski definition) is 2. The standard InChI is InChI=1S/C14H20BrNO3S/c1-10-7-8-14(11(15)9-10)20(18,19)16-12-5-3-2-4-6-13(12)17/h7-9,12-13,16-17H,2-6H2,1H3. The van der Waals surface area contributed by atoms with Crippen LogP contribution in [0.2, 0.25) is 0 Å². The first kappa shape index (κ1) is 15.9. The van der Waals surface area contributed by atoms with Crippen LogP contribution in [0.15, 0.2) is 27.6 Å². The van der Waals surface area contributed by atoms with Crippen LogP contribution in [-0.4, -0.2) is 25.7 Å². The minimum Gasteiger partial charge on any atom is -0.391 e. The van der Waals surface area contributed by atoms with Gasteiger partial charge in [0.05, 0.1) is 11.0 Å². The molecule has 2 atom stereocenters. The molecule has 0 spiro atoms. The molecule has 2 unspecified atom stereocenters. The number of sulfonamides is 1. The Kier molecular flexibility index (Phi) is 5.23. The second-order valence-electron chi connectivity index (χ2n) is 5.37. The van der Waals surface area contributed by atoms with Crippen LogP contribution in [0.5, 0.6) is 0 Å². The first-order chi connectivity index (χ1) is 9.40. The number of rotatable bonds is 3. The van der Waals surface area contributed by atoms with Crippen LogP contribution in [-0.2, 0) is 10.0 Å². The number of hydrogen-bond acceptors (Lipinski definition) is 3. The number of halogens is 1. The molecule has 20 heavy (non-hydrogen) atoms. The summed E-state index contributed by atoms with van der Waals surface area (Å²) in [5.74, 6) is 0. The smallest absolute Gasteiger partial charge is 0.242 e. The summed E-state index contributed by atoms with van der Waals surface area (Å²) < 4.78 is 28.1. The van der Waals surface area contributed by atoms with E-state index in [1.165, 1.54) is 0 Å². The van der Waals surface area contributed by atoms with Crippen LogP contribution in [0, 0.1) is 6.92 Å². The lowest BCUT2D eigenvalue weighted by Crippen LogP contribution is -2.42. The molecule has 2 rings (SSSR count). The van der Waals surface area contributed by atoms with Crippen molar-refractivity contribution >= 4 is 26.0 Å². The lowest BCUT2D eigenvalue weighted by Gasteiger charge is -2.22. The highest BCUT2D eigenvalue weighted by atomic mass is 79.9. The van der Waals surface area contributed by atoms with Crippen molar-refractivity contribution in [2.24, 2.45) is 0 Å². The molecule has 1 fully saturated rings. The van der Waals surface area contributed by atoms with E-state index in [9.17, 15) is 13.5 Å². The zero-order chi connectivity index (χ0) is 14.8. The fraction of sp³-hybridized carbons (Fsp3) is 0.571. The summed E-state index contributed by atoms with van der Waals surface area (Å²) >= 11 is 3.30. The van der Waals surface area contributed by atoms with Crippen LogP contribution in [0.3, 0.4) is 0 Å². The maximum atomic E-state index is 12.4. The van der Waals surface area contributed by atoms with Gasteiger partial charge in [0.1, 0.15) is 0 Å². The third-order valence-electron chi connectivity index (χ3n) is 3.66. The maximum Gasteiger partial charge on any atom is 0.242 e. The van der Waals surface area contributed by atoms with Crippen LogP contribution in [0.1, 0.15) is 37.7 Å².